The molecule has 1 amide bonds. The molecule has 2 aliphatic rings. The van der Waals surface area contributed by atoms with Crippen LogP contribution in [-0.4, -0.2) is 11.9 Å². The van der Waals surface area contributed by atoms with Gasteiger partial charge in [0.1, 0.15) is 0 Å². The summed E-state index contributed by atoms with van der Waals surface area (Å²) < 4.78 is 5.50. The van der Waals surface area contributed by atoms with Gasteiger partial charge < -0.3 is 10.1 Å². The number of rotatable bonds is 1. The number of para-hydroxylation sites is 1. The molecular formula is C18H13NO3. The first-order valence-electron chi connectivity index (χ1n) is 7.09. The Morgan fingerprint density at radius 3 is 2.50 bits per heavy atom. The summed E-state index contributed by atoms with van der Waals surface area (Å²) in [6.07, 6.45) is 1.81. The van der Waals surface area contributed by atoms with E-state index in [1.165, 1.54) is 6.08 Å². The molecule has 0 fully saturated rings. The summed E-state index contributed by atoms with van der Waals surface area (Å²) in [5.41, 5.74) is 1.90. The summed E-state index contributed by atoms with van der Waals surface area (Å²) in [4.78, 5) is 24.6. The Labute approximate surface area is 127 Å². The van der Waals surface area contributed by atoms with Gasteiger partial charge in [-0.3, -0.25) is 4.79 Å². The molecule has 0 radical (unpaired) electrons. The van der Waals surface area contributed by atoms with Crippen molar-refractivity contribution in [3.05, 3.63) is 71.8 Å². The van der Waals surface area contributed by atoms with Gasteiger partial charge in [-0.25, -0.2) is 4.79 Å². The van der Waals surface area contributed by atoms with E-state index in [1.807, 2.05) is 54.6 Å². The maximum absolute atomic E-state index is 12.5. The molecule has 1 N–H and O–H groups in total. The van der Waals surface area contributed by atoms with Crippen LogP contribution in [0.4, 0.5) is 5.69 Å². The van der Waals surface area contributed by atoms with Crippen LogP contribution in [0.25, 0.3) is 5.57 Å². The highest BCUT2D eigenvalue weighted by atomic mass is 16.6. The first kappa shape index (κ1) is 12.8. The zero-order valence-electron chi connectivity index (χ0n) is 11.7. The smallest absolute Gasteiger partial charge is 0.332 e. The van der Waals surface area contributed by atoms with Gasteiger partial charge in [0.2, 0.25) is 5.60 Å². The molecule has 108 valence electrons. The maximum Gasteiger partial charge on any atom is 0.332 e. The van der Waals surface area contributed by atoms with E-state index in [1.54, 1.807) is 0 Å². The Hall–Kier alpha value is -2.88. The molecule has 0 aliphatic carbocycles. The highest BCUT2D eigenvalue weighted by molar-refractivity contribution is 6.09. The number of ether oxygens (including phenoxy) is 1. The largest absolute Gasteiger partial charge is 0.440 e. The first-order chi connectivity index (χ1) is 10.7. The quantitative estimate of drug-likeness (QED) is 0.822. The lowest BCUT2D eigenvalue weighted by Crippen LogP contribution is -2.41. The Morgan fingerprint density at radius 2 is 1.68 bits per heavy atom. The number of fused-ring (bicyclic) bond motifs is 2. The summed E-state index contributed by atoms with van der Waals surface area (Å²) in [6, 6.07) is 16.9. The number of amides is 1. The molecule has 0 bridgehead atoms. The summed E-state index contributed by atoms with van der Waals surface area (Å²) in [7, 11) is 0. The predicted octanol–water partition coefficient (Wildman–Crippen LogP) is 2.86. The maximum atomic E-state index is 12.5. The zero-order valence-corrected chi connectivity index (χ0v) is 11.7. The van der Waals surface area contributed by atoms with E-state index in [4.69, 9.17) is 4.74 Å². The molecule has 4 heteroatoms. The molecule has 0 saturated carbocycles. The van der Waals surface area contributed by atoms with Gasteiger partial charge in [-0.05, 0) is 17.2 Å². The van der Waals surface area contributed by atoms with E-state index in [0.717, 1.165) is 16.7 Å². The summed E-state index contributed by atoms with van der Waals surface area (Å²) in [5.74, 6) is -0.777. The van der Waals surface area contributed by atoms with Crippen LogP contribution in [0, 0.1) is 0 Å². The summed E-state index contributed by atoms with van der Waals surface area (Å²) in [6.45, 7) is 0. The summed E-state index contributed by atoms with van der Waals surface area (Å²) >= 11 is 0. The number of hydrogen-bond donors (Lipinski definition) is 1. The first-order valence-corrected chi connectivity index (χ1v) is 7.09. The van der Waals surface area contributed by atoms with Crippen LogP contribution in [0.2, 0.25) is 0 Å². The molecule has 0 unspecified atom stereocenters. The van der Waals surface area contributed by atoms with Crippen LogP contribution in [-0.2, 0) is 19.9 Å². The third-order valence-electron chi connectivity index (χ3n) is 4.13. The number of hydrogen-bond acceptors (Lipinski definition) is 3. The monoisotopic (exact) mass is 291 g/mol. The number of anilines is 1. The van der Waals surface area contributed by atoms with E-state index >= 15 is 0 Å². The highest BCUT2D eigenvalue weighted by Crippen LogP contribution is 2.46. The van der Waals surface area contributed by atoms with Crippen molar-refractivity contribution in [3.63, 3.8) is 0 Å². The number of benzene rings is 2. The Bertz CT molecular complexity index is 810. The SMILES string of the molecule is O=C1C=C(c2ccccc2)C[C@@]2(O1)C(=O)Nc1ccccc12. The van der Waals surface area contributed by atoms with Crippen molar-refractivity contribution in [2.45, 2.75) is 12.0 Å². The van der Waals surface area contributed by atoms with Gasteiger partial charge in [-0.15, -0.1) is 0 Å². The van der Waals surface area contributed by atoms with Crippen LogP contribution in [0.5, 0.6) is 0 Å². The molecule has 1 atom stereocenters. The average Bonchev–Trinajstić information content (AvgIpc) is 2.80. The fraction of sp³-hybridized carbons (Fsp3) is 0.111. The Morgan fingerprint density at radius 1 is 0.955 bits per heavy atom. The van der Waals surface area contributed by atoms with E-state index in [9.17, 15) is 9.59 Å². The van der Waals surface area contributed by atoms with Crippen molar-refractivity contribution in [2.24, 2.45) is 0 Å². The molecule has 2 aliphatic heterocycles. The molecular weight excluding hydrogens is 278 g/mol. The Kier molecular flexibility index (Phi) is 2.66. The van der Waals surface area contributed by atoms with Crippen molar-refractivity contribution in [1.29, 1.82) is 0 Å². The van der Waals surface area contributed by atoms with Crippen molar-refractivity contribution < 1.29 is 14.3 Å². The molecule has 0 saturated heterocycles. The van der Waals surface area contributed by atoms with Crippen LogP contribution in [0.15, 0.2) is 60.7 Å². The lowest BCUT2D eigenvalue weighted by atomic mass is 9.84. The molecule has 2 heterocycles. The lowest BCUT2D eigenvalue weighted by Gasteiger charge is -2.31. The second-order valence-corrected chi connectivity index (χ2v) is 5.46. The van der Waals surface area contributed by atoms with Gasteiger partial charge in [0.15, 0.2) is 0 Å². The van der Waals surface area contributed by atoms with Crippen molar-refractivity contribution in [3.8, 4) is 0 Å². The number of carbonyl (C=O) groups is 2. The average molecular weight is 291 g/mol. The van der Waals surface area contributed by atoms with Crippen LogP contribution in [0.1, 0.15) is 17.5 Å². The van der Waals surface area contributed by atoms with Gasteiger partial charge in [0, 0.05) is 23.7 Å². The van der Waals surface area contributed by atoms with Crippen molar-refractivity contribution in [2.75, 3.05) is 5.32 Å². The number of carbonyl (C=O) groups excluding carboxylic acids is 2. The molecule has 2 aromatic rings. The minimum Gasteiger partial charge on any atom is -0.440 e. The van der Waals surface area contributed by atoms with E-state index < -0.39 is 11.6 Å². The lowest BCUT2D eigenvalue weighted by molar-refractivity contribution is -0.163. The third kappa shape index (κ3) is 1.77. The van der Waals surface area contributed by atoms with Gasteiger partial charge in [0.05, 0.1) is 0 Å². The van der Waals surface area contributed by atoms with Gasteiger partial charge >= 0.3 is 5.97 Å². The third-order valence-corrected chi connectivity index (χ3v) is 4.13. The van der Waals surface area contributed by atoms with Crippen molar-refractivity contribution in [1.82, 2.24) is 0 Å². The van der Waals surface area contributed by atoms with E-state index in [-0.39, 0.29) is 5.91 Å². The van der Waals surface area contributed by atoms with Crippen LogP contribution >= 0.6 is 0 Å². The number of nitrogens with one attached hydrogen (secondary N) is 1. The second-order valence-electron chi connectivity index (χ2n) is 5.46. The van der Waals surface area contributed by atoms with Crippen LogP contribution in [0.3, 0.4) is 0 Å². The van der Waals surface area contributed by atoms with Gasteiger partial charge in [-0.1, -0.05) is 48.5 Å². The Balaban J connectivity index is 1.84. The topological polar surface area (TPSA) is 55.4 Å². The minimum absolute atomic E-state index is 0.288. The second kappa shape index (κ2) is 4.56. The molecule has 4 rings (SSSR count). The number of esters is 1. The molecule has 1 spiro atoms. The fourth-order valence-electron chi connectivity index (χ4n) is 3.10. The molecule has 0 aromatic heterocycles. The fourth-order valence-corrected chi connectivity index (χ4v) is 3.10. The predicted molar refractivity (Wildman–Crippen MR) is 81.9 cm³/mol. The van der Waals surface area contributed by atoms with E-state index in [2.05, 4.69) is 5.32 Å². The van der Waals surface area contributed by atoms with Gasteiger partial charge in [0.25, 0.3) is 5.91 Å². The van der Waals surface area contributed by atoms with Gasteiger partial charge in [-0.2, -0.15) is 0 Å². The normalized spacial score (nSPS) is 22.8. The summed E-state index contributed by atoms with van der Waals surface area (Å²) in [5, 5.41) is 2.81. The van der Waals surface area contributed by atoms with E-state index in [0.29, 0.717) is 12.1 Å². The minimum atomic E-state index is -1.26. The molecule has 22 heavy (non-hydrogen) atoms. The standard InChI is InChI=1S/C18H13NO3/c20-16-10-13(12-6-2-1-3-7-12)11-18(22-16)14-8-4-5-9-15(14)19-17(18)21/h1-10H,11H2,(H,19,21)/t18-/m0/s1. The van der Waals surface area contributed by atoms with Crippen molar-refractivity contribution >= 4 is 23.1 Å². The molecule has 4 nitrogen and oxygen atoms in total. The molecule has 2 aromatic carbocycles. The zero-order chi connectivity index (χ0) is 15.2. The highest BCUT2D eigenvalue weighted by Gasteiger charge is 2.52. The van der Waals surface area contributed by atoms with Crippen LogP contribution < -0.4 is 5.32 Å².